The van der Waals surface area contributed by atoms with E-state index in [4.69, 9.17) is 5.11 Å². The molecule has 0 amide bonds. The van der Waals surface area contributed by atoms with Crippen LogP contribution in [0.2, 0.25) is 0 Å². The lowest BCUT2D eigenvalue weighted by atomic mass is 11.0. The predicted molar refractivity (Wildman–Crippen MR) is 30.5 cm³/mol. The highest BCUT2D eigenvalue weighted by Gasteiger charge is 1.88. The molecule has 38 valence electrons. The van der Waals surface area contributed by atoms with Crippen molar-refractivity contribution in [2.24, 2.45) is 0 Å². The van der Waals surface area contributed by atoms with Crippen molar-refractivity contribution in [2.75, 3.05) is 19.2 Å². The van der Waals surface area contributed by atoms with E-state index in [1.165, 1.54) is 0 Å². The minimum Gasteiger partial charge on any atom is -0.392 e. The minimum atomic E-state index is -0.0206. The second-order valence-electron chi connectivity index (χ2n) is 1.31. The van der Waals surface area contributed by atoms with E-state index in [2.05, 4.69) is 13.6 Å². The third kappa shape index (κ3) is 2.62. The summed E-state index contributed by atoms with van der Waals surface area (Å²) in [5, 5.41) is 8.36. The smallest absolute Gasteiger partial charge is 0.0621 e. The van der Waals surface area contributed by atoms with Gasteiger partial charge in [0.25, 0.3) is 0 Å². The molecule has 1 unspecified atom stereocenters. The number of aliphatic hydroxyl groups is 1. The molecule has 0 aromatic rings. The third-order valence-electron chi connectivity index (χ3n) is 0.781. The van der Waals surface area contributed by atoms with Crippen LogP contribution in [0.3, 0.4) is 0 Å². The fourth-order valence-electron chi connectivity index (χ4n) is 0.1000. The fourth-order valence-corrected chi connectivity index (χ4v) is 0.300. The molecule has 0 aliphatic rings. The maximum absolute atomic E-state index is 8.36. The van der Waals surface area contributed by atoms with E-state index < -0.39 is 0 Å². The van der Waals surface area contributed by atoms with E-state index in [0.29, 0.717) is 6.35 Å². The lowest BCUT2D eigenvalue weighted by molar-refractivity contribution is 0.370. The Hall–Kier alpha value is 0.390. The van der Waals surface area contributed by atoms with E-state index in [1.807, 2.05) is 0 Å². The lowest BCUT2D eigenvalue weighted by Crippen LogP contribution is -1.79. The highest BCUT2D eigenvalue weighted by atomic mass is 31.1. The Bertz CT molecular complexity index is 26.7. The summed E-state index contributed by atoms with van der Waals surface area (Å²) < 4.78 is 0. The van der Waals surface area contributed by atoms with Gasteiger partial charge in [0.15, 0.2) is 0 Å². The summed E-state index contributed by atoms with van der Waals surface area (Å²) in [6.07, 6.45) is 1.54. The molecule has 0 aliphatic heterocycles. The first-order valence-corrected chi connectivity index (χ1v) is 4.26. The van der Waals surface area contributed by atoms with Crippen LogP contribution in [0.15, 0.2) is 0 Å². The van der Waals surface area contributed by atoms with Crippen molar-refractivity contribution in [1.82, 2.24) is 0 Å². The zero-order chi connectivity index (χ0) is 4.99. The summed E-state index contributed by atoms with van der Waals surface area (Å²) >= 11 is 0. The highest BCUT2D eigenvalue weighted by Crippen LogP contribution is 2.26. The predicted octanol–water partition coefficient (Wildman–Crippen LogP) is 1.07. The van der Waals surface area contributed by atoms with Gasteiger partial charge in [0.1, 0.15) is 0 Å². The van der Waals surface area contributed by atoms with Crippen molar-refractivity contribution in [2.45, 2.75) is 6.92 Å². The molecule has 0 radical (unpaired) electrons. The Labute approximate surface area is 40.1 Å². The zero-order valence-electron chi connectivity index (χ0n) is 4.31. The molecule has 0 aromatic heterocycles. The van der Waals surface area contributed by atoms with Gasteiger partial charge in [-0.1, -0.05) is 14.8 Å². The largest absolute Gasteiger partial charge is 0.392 e. The summed E-state index contributed by atoms with van der Waals surface area (Å²) in [4.78, 5) is 0. The Balaban J connectivity index is 2.75. The van der Waals surface area contributed by atoms with Crippen LogP contribution in [0.4, 0.5) is 0 Å². The number of hydrogen-bond acceptors (Lipinski definition) is 1. The van der Waals surface area contributed by atoms with Crippen molar-refractivity contribution < 1.29 is 5.11 Å². The molecule has 0 saturated heterocycles. The Morgan fingerprint density at radius 1 is 1.67 bits per heavy atom. The standard InChI is InChI=1S/C4H11OP/c1-3-6(2)4-5/h5H,3-4H2,1-2H3. The Kier molecular flexibility index (Phi) is 3.81. The Morgan fingerprint density at radius 2 is 2.17 bits per heavy atom. The summed E-state index contributed by atoms with van der Waals surface area (Å²) in [6.45, 7) is 4.19. The minimum absolute atomic E-state index is 0.0206. The monoisotopic (exact) mass is 106 g/mol. The first-order valence-electron chi connectivity index (χ1n) is 2.10. The molecule has 0 aromatic carbocycles. The van der Waals surface area contributed by atoms with E-state index in [1.54, 1.807) is 0 Å². The number of hydrogen-bond donors (Lipinski definition) is 1. The van der Waals surface area contributed by atoms with Gasteiger partial charge < -0.3 is 5.11 Å². The van der Waals surface area contributed by atoms with Gasteiger partial charge in [-0.05, 0) is 12.8 Å². The molecular formula is C4H11OP. The molecule has 0 aliphatic carbocycles. The van der Waals surface area contributed by atoms with Crippen molar-refractivity contribution in [3.05, 3.63) is 0 Å². The number of rotatable bonds is 2. The van der Waals surface area contributed by atoms with Gasteiger partial charge >= 0.3 is 0 Å². The molecule has 6 heavy (non-hydrogen) atoms. The lowest BCUT2D eigenvalue weighted by Gasteiger charge is -1.99. The van der Waals surface area contributed by atoms with E-state index in [9.17, 15) is 0 Å². The topological polar surface area (TPSA) is 20.2 Å². The molecule has 0 fully saturated rings. The van der Waals surface area contributed by atoms with Crippen molar-refractivity contribution in [1.29, 1.82) is 0 Å². The van der Waals surface area contributed by atoms with Crippen molar-refractivity contribution in [3.63, 3.8) is 0 Å². The summed E-state index contributed by atoms with van der Waals surface area (Å²) in [5.41, 5.74) is 0. The van der Waals surface area contributed by atoms with Gasteiger partial charge in [-0.15, -0.1) is 0 Å². The van der Waals surface area contributed by atoms with Gasteiger partial charge in [-0.3, -0.25) is 0 Å². The molecule has 1 atom stereocenters. The number of aliphatic hydroxyl groups excluding tert-OH is 1. The molecule has 1 N–H and O–H groups in total. The molecule has 1 nitrogen and oxygen atoms in total. The first-order chi connectivity index (χ1) is 2.81. The summed E-state index contributed by atoms with van der Waals surface area (Å²) in [5.74, 6) is 0. The van der Waals surface area contributed by atoms with Gasteiger partial charge in [-0.25, -0.2) is 0 Å². The third-order valence-corrected chi connectivity index (χ3v) is 2.34. The van der Waals surface area contributed by atoms with E-state index in [-0.39, 0.29) is 7.92 Å². The first kappa shape index (κ1) is 6.39. The second kappa shape index (κ2) is 3.58. The normalized spacial score (nSPS) is 14.5. The molecule has 0 saturated carbocycles. The molecule has 2 heteroatoms. The van der Waals surface area contributed by atoms with Crippen LogP contribution in [0.1, 0.15) is 6.92 Å². The van der Waals surface area contributed by atoms with Crippen molar-refractivity contribution in [3.8, 4) is 0 Å². The molecule has 0 rings (SSSR count). The van der Waals surface area contributed by atoms with E-state index >= 15 is 0 Å². The average Bonchev–Trinajstić information content (AvgIpc) is 1.65. The van der Waals surface area contributed by atoms with Gasteiger partial charge in [-0.2, -0.15) is 0 Å². The molecule has 0 heterocycles. The summed E-state index contributed by atoms with van der Waals surface area (Å²) in [6, 6.07) is 0. The van der Waals surface area contributed by atoms with Crippen LogP contribution >= 0.6 is 7.92 Å². The maximum Gasteiger partial charge on any atom is 0.0621 e. The van der Waals surface area contributed by atoms with Gasteiger partial charge in [0.2, 0.25) is 0 Å². The molecule has 0 spiro atoms. The molecular weight excluding hydrogens is 95.0 g/mol. The van der Waals surface area contributed by atoms with Gasteiger partial charge in [0.05, 0.1) is 6.35 Å². The SMILES string of the molecule is CCP(C)CO. The average molecular weight is 106 g/mol. The van der Waals surface area contributed by atoms with Crippen LogP contribution in [0.25, 0.3) is 0 Å². The summed E-state index contributed by atoms with van der Waals surface area (Å²) in [7, 11) is -0.0206. The Morgan fingerprint density at radius 3 is 2.17 bits per heavy atom. The second-order valence-corrected chi connectivity index (χ2v) is 3.94. The van der Waals surface area contributed by atoms with Crippen LogP contribution in [-0.4, -0.2) is 24.3 Å². The molecule has 0 bridgehead atoms. The zero-order valence-corrected chi connectivity index (χ0v) is 5.20. The van der Waals surface area contributed by atoms with Crippen LogP contribution in [0.5, 0.6) is 0 Å². The maximum atomic E-state index is 8.36. The van der Waals surface area contributed by atoms with Crippen molar-refractivity contribution >= 4 is 7.92 Å². The van der Waals surface area contributed by atoms with Crippen LogP contribution < -0.4 is 0 Å². The van der Waals surface area contributed by atoms with Gasteiger partial charge in [0, 0.05) is 0 Å². The van der Waals surface area contributed by atoms with Crippen LogP contribution in [-0.2, 0) is 0 Å². The fraction of sp³-hybridized carbons (Fsp3) is 1.00. The van der Waals surface area contributed by atoms with Crippen LogP contribution in [0, 0.1) is 0 Å². The van der Waals surface area contributed by atoms with E-state index in [0.717, 1.165) is 6.16 Å². The quantitative estimate of drug-likeness (QED) is 0.522. The highest BCUT2D eigenvalue weighted by molar-refractivity contribution is 7.56.